The van der Waals surface area contributed by atoms with Crippen LogP contribution < -0.4 is 10.7 Å². The smallest absolute Gasteiger partial charge is 0.324 e. The maximum Gasteiger partial charge on any atom is 0.325 e. The minimum absolute atomic E-state index is 0.0414. The zero-order valence-corrected chi connectivity index (χ0v) is 15.7. The van der Waals surface area contributed by atoms with Crippen LogP contribution in [0.5, 0.6) is 0 Å². The molecule has 2 bridgehead atoms. The molecule has 4 amide bonds. The van der Waals surface area contributed by atoms with Crippen molar-refractivity contribution in [3.63, 3.8) is 0 Å². The summed E-state index contributed by atoms with van der Waals surface area (Å²) >= 11 is 0. The molecule has 0 aromatic heterocycles. The van der Waals surface area contributed by atoms with E-state index >= 15 is 0 Å². The Kier molecular flexibility index (Phi) is 3.96. The first-order valence-electron chi connectivity index (χ1n) is 8.99. The van der Waals surface area contributed by atoms with Crippen molar-refractivity contribution in [1.29, 1.82) is 0 Å². The lowest BCUT2D eigenvalue weighted by atomic mass is 9.70. The van der Waals surface area contributed by atoms with Crippen LogP contribution in [-0.4, -0.2) is 40.5 Å². The van der Waals surface area contributed by atoms with Crippen LogP contribution in [0.25, 0.3) is 0 Å². The summed E-state index contributed by atoms with van der Waals surface area (Å²) in [4.78, 5) is 37.1. The van der Waals surface area contributed by atoms with E-state index in [0.29, 0.717) is 5.92 Å². The Morgan fingerprint density at radius 1 is 1.28 bits per heavy atom. The van der Waals surface area contributed by atoms with Crippen molar-refractivity contribution in [2.24, 2.45) is 21.8 Å². The molecule has 0 spiro atoms. The maximum absolute atomic E-state index is 12.1. The van der Waals surface area contributed by atoms with Crippen molar-refractivity contribution in [2.75, 3.05) is 6.54 Å². The highest BCUT2D eigenvalue weighted by molar-refractivity contribution is 6.06. The van der Waals surface area contributed by atoms with Gasteiger partial charge in [-0.15, -0.1) is 0 Å². The number of rotatable bonds is 4. The first-order valence-corrected chi connectivity index (χ1v) is 8.99. The van der Waals surface area contributed by atoms with Crippen molar-refractivity contribution in [1.82, 2.24) is 15.6 Å². The topological polar surface area (TPSA) is 90.9 Å². The Morgan fingerprint density at radius 3 is 2.44 bits per heavy atom. The lowest BCUT2D eigenvalue weighted by Crippen LogP contribution is -2.40. The normalized spacial score (nSPS) is 33.9. The van der Waals surface area contributed by atoms with Crippen LogP contribution in [0.4, 0.5) is 4.79 Å². The van der Waals surface area contributed by atoms with E-state index < -0.39 is 11.6 Å². The number of hydrogen-bond donors (Lipinski definition) is 2. The molecule has 1 saturated heterocycles. The maximum atomic E-state index is 12.1. The van der Waals surface area contributed by atoms with E-state index in [1.807, 2.05) is 0 Å². The highest BCUT2D eigenvalue weighted by atomic mass is 16.2. The molecule has 3 aliphatic rings. The number of hydrazone groups is 1. The molecule has 2 N–H and O–H groups in total. The molecule has 1 aliphatic heterocycles. The first kappa shape index (κ1) is 17.9. The third-order valence-corrected chi connectivity index (χ3v) is 6.83. The third kappa shape index (κ3) is 2.64. The predicted octanol–water partition coefficient (Wildman–Crippen LogP) is 2.03. The Balaban J connectivity index is 1.56. The molecular weight excluding hydrogens is 320 g/mol. The Morgan fingerprint density at radius 2 is 1.96 bits per heavy atom. The summed E-state index contributed by atoms with van der Waals surface area (Å²) in [6, 6.07) is -0.448. The lowest BCUT2D eigenvalue weighted by Gasteiger charge is -2.34. The first-order chi connectivity index (χ1) is 11.5. The zero-order chi connectivity index (χ0) is 18.6. The van der Waals surface area contributed by atoms with E-state index in [0.717, 1.165) is 23.5 Å². The van der Waals surface area contributed by atoms with E-state index in [1.54, 1.807) is 13.8 Å². The Labute approximate surface area is 148 Å². The van der Waals surface area contributed by atoms with Gasteiger partial charge in [0.2, 0.25) is 5.91 Å². The molecule has 2 saturated carbocycles. The van der Waals surface area contributed by atoms with Crippen molar-refractivity contribution in [3.8, 4) is 0 Å². The fourth-order valence-electron chi connectivity index (χ4n) is 4.52. The molecule has 1 heterocycles. The molecule has 7 nitrogen and oxygen atoms in total. The molecule has 0 aromatic rings. The summed E-state index contributed by atoms with van der Waals surface area (Å²) in [6.07, 6.45) is 3.32. The largest absolute Gasteiger partial charge is 0.325 e. The van der Waals surface area contributed by atoms with Gasteiger partial charge in [0.1, 0.15) is 5.54 Å². The molecule has 7 heteroatoms. The number of urea groups is 1. The number of carbonyl (C=O) groups excluding carboxylic acids is 3. The summed E-state index contributed by atoms with van der Waals surface area (Å²) in [5, 5.41) is 7.00. The number of fused-ring (bicyclic) bond motifs is 2. The summed E-state index contributed by atoms with van der Waals surface area (Å²) in [5.74, 6) is 0.0438. The van der Waals surface area contributed by atoms with E-state index in [-0.39, 0.29) is 35.6 Å². The van der Waals surface area contributed by atoms with Gasteiger partial charge in [-0.3, -0.25) is 14.5 Å². The van der Waals surface area contributed by atoms with E-state index in [9.17, 15) is 14.4 Å². The number of nitrogens with one attached hydrogen (secondary N) is 2. The summed E-state index contributed by atoms with van der Waals surface area (Å²) in [7, 11) is 0. The molecule has 3 rings (SSSR count). The van der Waals surface area contributed by atoms with Crippen LogP contribution in [0.15, 0.2) is 5.10 Å². The average Bonchev–Trinajstić information content (AvgIpc) is 2.94. The van der Waals surface area contributed by atoms with Gasteiger partial charge in [-0.05, 0) is 44.4 Å². The van der Waals surface area contributed by atoms with Crippen LogP contribution in [-0.2, 0) is 9.59 Å². The second-order valence-electron chi connectivity index (χ2n) is 8.85. The van der Waals surface area contributed by atoms with Gasteiger partial charge in [-0.1, -0.05) is 20.8 Å². The fourth-order valence-corrected chi connectivity index (χ4v) is 4.52. The van der Waals surface area contributed by atoms with E-state index in [2.05, 4.69) is 36.6 Å². The van der Waals surface area contributed by atoms with E-state index in [4.69, 9.17) is 0 Å². The number of imide groups is 1. The van der Waals surface area contributed by atoms with Gasteiger partial charge in [-0.2, -0.15) is 5.10 Å². The van der Waals surface area contributed by atoms with Crippen LogP contribution in [0, 0.1) is 16.7 Å². The zero-order valence-electron chi connectivity index (χ0n) is 15.7. The van der Waals surface area contributed by atoms with Gasteiger partial charge < -0.3 is 5.32 Å². The molecule has 25 heavy (non-hydrogen) atoms. The predicted molar refractivity (Wildman–Crippen MR) is 93.7 cm³/mol. The number of hydrogen-bond acceptors (Lipinski definition) is 4. The van der Waals surface area contributed by atoms with Crippen molar-refractivity contribution in [2.45, 2.75) is 65.8 Å². The number of amides is 4. The number of nitrogens with zero attached hydrogens (tertiary/aromatic N) is 2. The summed E-state index contributed by atoms with van der Waals surface area (Å²) in [5.41, 5.74) is 3.04. The molecule has 138 valence electrons. The van der Waals surface area contributed by atoms with Crippen LogP contribution in [0.1, 0.15) is 60.3 Å². The minimum Gasteiger partial charge on any atom is -0.324 e. The minimum atomic E-state index is -0.906. The van der Waals surface area contributed by atoms with Crippen LogP contribution >= 0.6 is 0 Å². The molecule has 2 aliphatic carbocycles. The molecule has 2 atom stereocenters. The van der Waals surface area contributed by atoms with Gasteiger partial charge in [0.05, 0.1) is 0 Å². The van der Waals surface area contributed by atoms with Crippen LogP contribution in [0.2, 0.25) is 0 Å². The highest BCUT2D eigenvalue weighted by Gasteiger charge is 2.60. The second kappa shape index (κ2) is 5.54. The Hall–Kier alpha value is -1.92. The fraction of sp³-hybridized carbons (Fsp3) is 0.778. The van der Waals surface area contributed by atoms with Gasteiger partial charge >= 0.3 is 6.03 Å². The monoisotopic (exact) mass is 348 g/mol. The average molecular weight is 348 g/mol. The highest BCUT2D eigenvalue weighted by Crippen LogP contribution is 2.63. The molecular formula is C18H28N4O3. The third-order valence-electron chi connectivity index (χ3n) is 6.83. The summed E-state index contributed by atoms with van der Waals surface area (Å²) in [6.45, 7) is 10.2. The molecule has 3 fully saturated rings. The van der Waals surface area contributed by atoms with Crippen molar-refractivity contribution in [3.05, 3.63) is 0 Å². The Bertz CT molecular complexity index is 667. The van der Waals surface area contributed by atoms with Crippen LogP contribution in [0.3, 0.4) is 0 Å². The molecule has 0 unspecified atom stereocenters. The van der Waals surface area contributed by atoms with Gasteiger partial charge in [-0.25, -0.2) is 10.2 Å². The molecule has 0 radical (unpaired) electrons. The van der Waals surface area contributed by atoms with Crippen molar-refractivity contribution < 1.29 is 14.4 Å². The van der Waals surface area contributed by atoms with Crippen molar-refractivity contribution >= 4 is 23.6 Å². The second-order valence-corrected chi connectivity index (χ2v) is 8.85. The quantitative estimate of drug-likeness (QED) is 0.601. The lowest BCUT2D eigenvalue weighted by molar-refractivity contribution is -0.130. The SMILES string of the molecule is CC1(C)NC(=O)N(CCC(=O)N/N=C2/C[C@H]3CC[C@@]2(C)C3(C)C)C1=O. The van der Waals surface area contributed by atoms with E-state index in [1.165, 1.54) is 6.42 Å². The van der Waals surface area contributed by atoms with Gasteiger partial charge in [0, 0.05) is 24.1 Å². The van der Waals surface area contributed by atoms with Gasteiger partial charge in [0.25, 0.3) is 5.91 Å². The molecule has 0 aromatic carbocycles. The standard InChI is InChI=1S/C18H28N4O3/c1-16(2)11-6-8-18(16,5)12(10-11)20-21-13(23)7-9-22-14(24)17(3,4)19-15(22)25/h11H,6-10H2,1-5H3,(H,19,25)(H,21,23)/b20-12-/t11-,18-/m1/s1. The van der Waals surface area contributed by atoms with Gasteiger partial charge in [0.15, 0.2) is 0 Å². The summed E-state index contributed by atoms with van der Waals surface area (Å²) < 4.78 is 0. The number of carbonyl (C=O) groups is 3.